The number of phenolic OH excluding ortho intramolecular Hbond substituents is 4. The number of anilines is 2. The van der Waals surface area contributed by atoms with E-state index in [9.17, 15) is 25.4 Å². The fourth-order valence-corrected chi connectivity index (χ4v) is 10.4. The van der Waals surface area contributed by atoms with E-state index < -0.39 is 27.4 Å². The molecule has 0 saturated carbocycles. The highest BCUT2D eigenvalue weighted by atomic mass is 35.5. The maximum atomic E-state index is 10.8. The van der Waals surface area contributed by atoms with Crippen LogP contribution in [-0.4, -0.2) is 98.1 Å². The summed E-state index contributed by atoms with van der Waals surface area (Å²) in [7, 11) is 0. The molecule has 572 valence electrons. The van der Waals surface area contributed by atoms with Crippen molar-refractivity contribution < 1.29 is 76.8 Å². The molecule has 0 aliphatic carbocycles. The van der Waals surface area contributed by atoms with Gasteiger partial charge in [0.05, 0.1) is 37.9 Å². The topological polar surface area (TPSA) is 446 Å². The third kappa shape index (κ3) is 23.7. The van der Waals surface area contributed by atoms with Gasteiger partial charge in [-0.2, -0.15) is 0 Å². The maximum absolute atomic E-state index is 10.8. The Hall–Kier alpha value is -15.6. The summed E-state index contributed by atoms with van der Waals surface area (Å²) in [6.45, 7) is 3.10. The van der Waals surface area contributed by atoms with Gasteiger partial charge in [-0.1, -0.05) is 72.3 Å². The van der Waals surface area contributed by atoms with Crippen LogP contribution in [0.4, 0.5) is 17.2 Å². The number of pyridine rings is 5. The van der Waals surface area contributed by atoms with Gasteiger partial charge in [0, 0.05) is 89.1 Å². The minimum absolute atomic E-state index is 0. The SMILES string of the molecule is CC(=O)O.Clc1ccnc2[nH]ccc12.Nc1cc(Oc2ccnc3[nH]ccc23)ccc1O.O=[N+]([O-])O.O=[N+]([O-])c1cc(Oc2ccnc3[nH]ccc23)ccc1O.Oc1ccc(OCc2ccccc2)cc1.Oc1ccc(Oc2ccnc3[nH]ccc23)cc1.[HH].[HH].c1ccc(COc2ccc(Oc3ccnc4c3CCN4)cc2)cc1. The van der Waals surface area contributed by atoms with Crippen molar-refractivity contribution in [2.45, 2.75) is 26.6 Å². The number of hydrogen-bond acceptors (Lipinski definition) is 22. The number of nitrogen functional groups attached to an aromatic ring is 1. The number of carbonyl (C=O) groups is 1. The summed E-state index contributed by atoms with van der Waals surface area (Å²) >= 11 is 5.84. The Morgan fingerprint density at radius 2 is 0.830 bits per heavy atom. The second-order valence-corrected chi connectivity index (χ2v) is 23.7. The molecule has 0 bridgehead atoms. The van der Waals surface area contributed by atoms with Gasteiger partial charge in [-0.25, -0.2) is 24.9 Å². The first-order chi connectivity index (χ1) is 54.3. The number of carboxylic acid groups (broad SMARTS) is 1. The van der Waals surface area contributed by atoms with E-state index in [4.69, 9.17) is 76.1 Å². The molecule has 0 atom stereocenters. The van der Waals surface area contributed by atoms with Crippen molar-refractivity contribution >= 4 is 78.9 Å². The lowest BCUT2D eigenvalue weighted by molar-refractivity contribution is -0.742. The number of nitro benzene ring substituents is 1. The largest absolute Gasteiger partial charge is 0.508 e. The Bertz CT molecular complexity index is 5700. The van der Waals surface area contributed by atoms with Gasteiger partial charge in [-0.15, -0.1) is 10.1 Å². The lowest BCUT2D eigenvalue weighted by atomic mass is 10.2. The zero-order valence-electron chi connectivity index (χ0n) is 59.1. The van der Waals surface area contributed by atoms with Crippen molar-refractivity contribution in [3.8, 4) is 80.5 Å². The smallest absolute Gasteiger partial charge is 0.314 e. The number of aromatic hydroxyl groups is 4. The zero-order chi connectivity index (χ0) is 79.1. The number of H-pyrrole nitrogens is 4. The quantitative estimate of drug-likeness (QED) is 0.0196. The average Bonchev–Trinajstić information content (AvgIpc) is 1.70. The molecule has 0 unspecified atom stereocenters. The molecule has 13 N–H and O–H groups in total. The van der Waals surface area contributed by atoms with Gasteiger partial charge >= 0.3 is 5.69 Å². The average molecular weight is 1540 g/mol. The monoisotopic (exact) mass is 1540 g/mol. The van der Waals surface area contributed by atoms with Gasteiger partial charge < -0.3 is 90.1 Å². The number of ether oxygens (including phenoxy) is 6. The first-order valence-electron chi connectivity index (χ1n) is 33.7. The standard InChI is InChI=1S/C20H18N2O2.C13H9N3O4.C13H11N3O2.C13H10N2O2.C13H12O2.C7H5ClN2.C2H4O2.HNO3.2H2/c1-2-4-15(5-3-1)14-23-16-6-8-17(9-7-16)24-19-11-13-22-20-18(19)10-12-21-20;17-11-2-1-8(7-10(11)16(18)19)20-12-4-6-15-13-9(12)3-5-14-13;14-10-7-8(1-2-11(10)17)18-12-4-6-16-13-9(12)3-5-15-13;16-9-1-3-10(4-2-9)17-12-6-8-15-13-11(12)5-7-14-13;14-12-6-8-13(9-7-12)15-10-11-4-2-1-3-5-11;8-6-2-4-10-7-5(6)1-3-9-7;1-2(3)4;2-1(3)4;;/h1-9,11,13H,10,12,14H2,(H,21,22);1-7,17H,(H,14,15);1-7,17H,14H2,(H,15,16);1-8,16H,(H,14,15);1-9,14H,10H2;1-4H,(H,9,10);1H3,(H,3,4);(H,2,3,4);2*1H. The number of aromatic amines is 4. The van der Waals surface area contributed by atoms with Gasteiger partial charge in [-0.3, -0.25) is 14.9 Å². The van der Waals surface area contributed by atoms with Crippen LogP contribution >= 0.6 is 11.6 Å². The highest BCUT2D eigenvalue weighted by Gasteiger charge is 2.18. The van der Waals surface area contributed by atoms with Crippen molar-refractivity contribution in [1.82, 2.24) is 44.9 Å². The Kier molecular flexibility index (Phi) is 28.0. The lowest BCUT2D eigenvalue weighted by Crippen LogP contribution is -1.95. The molecule has 9 aromatic heterocycles. The number of halogens is 1. The molecule has 30 nitrogen and oxygen atoms in total. The second kappa shape index (κ2) is 39.7. The van der Waals surface area contributed by atoms with E-state index in [1.165, 1.54) is 24.3 Å². The van der Waals surface area contributed by atoms with Crippen LogP contribution in [0.2, 0.25) is 5.02 Å². The number of fused-ring (bicyclic) bond motifs is 5. The fraction of sp³-hybridized carbons (Fsp3) is 0.0617. The minimum Gasteiger partial charge on any atom is -0.508 e. The summed E-state index contributed by atoms with van der Waals surface area (Å²) in [6.07, 6.45) is 16.5. The number of rotatable bonds is 15. The molecule has 17 rings (SSSR count). The number of benzene rings is 7. The van der Waals surface area contributed by atoms with Gasteiger partial charge in [0.2, 0.25) is 0 Å². The summed E-state index contributed by atoms with van der Waals surface area (Å²) in [5, 5.41) is 76.4. The molecule has 0 spiro atoms. The molecular formula is C81H74ClN13O17. The van der Waals surface area contributed by atoms with E-state index in [-0.39, 0.29) is 31.5 Å². The number of hydrogen-bond donors (Lipinski definition) is 12. The molecule has 1 aliphatic heterocycles. The number of carboxylic acids is 1. The van der Waals surface area contributed by atoms with Crippen LogP contribution in [0.1, 0.15) is 26.5 Å². The molecule has 0 amide bonds. The first-order valence-corrected chi connectivity index (χ1v) is 34.0. The van der Waals surface area contributed by atoms with E-state index in [2.05, 4.69) is 62.3 Å². The Morgan fingerprint density at radius 3 is 1.28 bits per heavy atom. The van der Waals surface area contributed by atoms with Crippen molar-refractivity contribution in [1.29, 1.82) is 0 Å². The fourth-order valence-electron chi connectivity index (χ4n) is 10.2. The molecule has 16 aromatic rings. The number of nitro groups is 1. The Labute approximate surface area is 644 Å². The number of nitrogens with one attached hydrogen (secondary N) is 5. The van der Waals surface area contributed by atoms with Crippen LogP contribution < -0.4 is 39.5 Å². The van der Waals surface area contributed by atoms with Crippen molar-refractivity contribution in [2.24, 2.45) is 0 Å². The summed E-state index contributed by atoms with van der Waals surface area (Å²) < 4.78 is 34.4. The number of aliphatic carboxylic acids is 1. The van der Waals surface area contributed by atoms with E-state index in [0.717, 1.165) is 115 Å². The molecular weight excluding hydrogens is 1460 g/mol. The number of nitrogens with zero attached hydrogens (tertiary/aromatic N) is 7. The molecule has 10 heterocycles. The van der Waals surface area contributed by atoms with Crippen LogP contribution in [0.5, 0.6) is 80.5 Å². The predicted molar refractivity (Wildman–Crippen MR) is 424 cm³/mol. The third-order valence-corrected chi connectivity index (χ3v) is 15.7. The molecule has 7 aromatic carbocycles. The predicted octanol–water partition coefficient (Wildman–Crippen LogP) is 18.5. The van der Waals surface area contributed by atoms with Gasteiger partial charge in [0.1, 0.15) is 116 Å². The number of phenols is 4. The van der Waals surface area contributed by atoms with Gasteiger partial charge in [0.15, 0.2) is 5.75 Å². The van der Waals surface area contributed by atoms with E-state index >= 15 is 0 Å². The highest BCUT2D eigenvalue weighted by molar-refractivity contribution is 6.35. The van der Waals surface area contributed by atoms with Crippen LogP contribution in [0, 0.1) is 20.2 Å². The molecule has 112 heavy (non-hydrogen) atoms. The minimum atomic E-state index is -1.50. The van der Waals surface area contributed by atoms with E-state index in [1.54, 1.807) is 128 Å². The number of nitrogens with two attached hydrogens (primary N) is 1. The molecule has 31 heteroatoms. The third-order valence-electron chi connectivity index (χ3n) is 15.4. The Morgan fingerprint density at radius 1 is 0.473 bits per heavy atom. The summed E-state index contributed by atoms with van der Waals surface area (Å²) in [5.41, 5.74) is 12.0. The molecule has 1 aliphatic rings. The van der Waals surface area contributed by atoms with Crippen LogP contribution in [0.25, 0.3) is 44.1 Å². The van der Waals surface area contributed by atoms with Crippen molar-refractivity contribution in [3.05, 3.63) is 322 Å². The molecule has 0 fully saturated rings. The van der Waals surface area contributed by atoms with Crippen molar-refractivity contribution in [2.75, 3.05) is 17.6 Å². The Balaban J connectivity index is 0.000000169. The number of aromatic nitrogens is 9. The normalized spacial score (nSPS) is 10.6. The van der Waals surface area contributed by atoms with Gasteiger partial charge in [-0.05, 0) is 169 Å². The highest BCUT2D eigenvalue weighted by Crippen LogP contribution is 2.37. The van der Waals surface area contributed by atoms with Crippen molar-refractivity contribution in [3.63, 3.8) is 0 Å². The maximum Gasteiger partial charge on any atom is 0.314 e. The van der Waals surface area contributed by atoms with E-state index in [1.807, 2.05) is 116 Å². The van der Waals surface area contributed by atoms with E-state index in [0.29, 0.717) is 41.9 Å². The zero-order valence-corrected chi connectivity index (χ0v) is 59.9. The van der Waals surface area contributed by atoms with Crippen LogP contribution in [0.3, 0.4) is 0 Å². The van der Waals surface area contributed by atoms with Crippen LogP contribution in [-0.2, 0) is 24.4 Å². The van der Waals surface area contributed by atoms with Crippen LogP contribution in [0.15, 0.2) is 280 Å². The first kappa shape index (κ1) is 79.0. The lowest BCUT2D eigenvalue weighted by Gasteiger charge is -2.10. The molecule has 0 saturated heterocycles. The molecule has 0 radical (unpaired) electrons. The summed E-state index contributed by atoms with van der Waals surface area (Å²) in [5.74, 6) is 6.92. The van der Waals surface area contributed by atoms with Gasteiger partial charge in [0.25, 0.3) is 11.1 Å². The second-order valence-electron chi connectivity index (χ2n) is 23.3. The summed E-state index contributed by atoms with van der Waals surface area (Å²) in [4.78, 5) is 60.3. The summed E-state index contributed by atoms with van der Waals surface area (Å²) in [6, 6.07) is 66.2.